The van der Waals surface area contributed by atoms with E-state index in [9.17, 15) is 13.7 Å². The van der Waals surface area contributed by atoms with E-state index < -0.39 is 18.2 Å². The molecule has 0 radical (unpaired) electrons. The Morgan fingerprint density at radius 3 is 2.76 bits per heavy atom. The molecule has 0 amide bonds. The van der Waals surface area contributed by atoms with Crippen molar-refractivity contribution in [3.8, 4) is 0 Å². The molecule has 2 aromatic carbocycles. The number of hydrogen-bond acceptors (Lipinski definition) is 5. The Balaban J connectivity index is 1.47. The topological polar surface area (TPSA) is 63.2 Å². The molecule has 1 aromatic heterocycles. The highest BCUT2D eigenvalue weighted by molar-refractivity contribution is 5.72. The molecule has 1 unspecified atom stereocenters. The maximum Gasteiger partial charge on any atom is 0.353 e. The minimum Gasteiger partial charge on any atom is -0.383 e. The lowest BCUT2D eigenvalue weighted by molar-refractivity contribution is -0.182. The maximum atomic E-state index is 14.4. The van der Waals surface area contributed by atoms with Gasteiger partial charge in [-0.1, -0.05) is 49.4 Å². The fourth-order valence-electron chi connectivity index (χ4n) is 4.39. The van der Waals surface area contributed by atoms with Gasteiger partial charge in [-0.15, -0.1) is 0 Å². The number of carbonyl (C=O) groups excluding carboxylic acids is 1. The van der Waals surface area contributed by atoms with Gasteiger partial charge in [0.05, 0.1) is 17.8 Å². The Labute approximate surface area is 192 Å². The first-order valence-electron chi connectivity index (χ1n) is 11.1. The number of nitrogens with zero attached hydrogens (tertiary/aromatic N) is 1. The van der Waals surface area contributed by atoms with Crippen LogP contribution in [0.5, 0.6) is 0 Å². The maximum absolute atomic E-state index is 14.4. The molecule has 3 atom stereocenters. The van der Waals surface area contributed by atoms with Gasteiger partial charge in [-0.25, -0.2) is 9.18 Å². The summed E-state index contributed by atoms with van der Waals surface area (Å²) in [5, 5.41) is 7.20. The molecule has 0 saturated heterocycles. The van der Waals surface area contributed by atoms with Crippen molar-refractivity contribution >= 4 is 11.7 Å². The predicted molar refractivity (Wildman–Crippen MR) is 123 cm³/mol. The molecule has 172 valence electrons. The van der Waals surface area contributed by atoms with Crippen molar-refractivity contribution in [1.29, 1.82) is 0 Å². The molecule has 3 aromatic rings. The first-order chi connectivity index (χ1) is 16.0. The summed E-state index contributed by atoms with van der Waals surface area (Å²) in [7, 11) is 0. The zero-order chi connectivity index (χ0) is 23.2. The lowest BCUT2D eigenvalue weighted by Gasteiger charge is -2.33. The lowest BCUT2D eigenvalue weighted by atomic mass is 9.86. The summed E-state index contributed by atoms with van der Waals surface area (Å²) in [4.78, 5) is 18.8. The lowest BCUT2D eigenvalue weighted by Crippen LogP contribution is -2.37. The van der Waals surface area contributed by atoms with Crippen molar-refractivity contribution in [3.63, 3.8) is 0 Å². The zero-order valence-electron chi connectivity index (χ0n) is 18.4. The largest absolute Gasteiger partial charge is 0.383 e. The van der Waals surface area contributed by atoms with Gasteiger partial charge in [0, 0.05) is 35.8 Å². The molecule has 7 heteroatoms. The van der Waals surface area contributed by atoms with Crippen molar-refractivity contribution in [1.82, 2.24) is 10.3 Å². The first kappa shape index (κ1) is 22.9. The molecule has 0 bridgehead atoms. The number of anilines is 1. The standard InChI is InChI=1S/C26H27F2N3O2/c1-17(19-9-10-20(22(27)12-19)14-25(32)33-28)15-31-26(18-6-3-2-4-7-18)21-13-24-23(30-16-21)8-5-11-29-24/h2-12,17,21,26,30-31H,13-16H2,1H3/t17?,21-,26-/m1/s1. The molecule has 2 heterocycles. The number of nitrogens with one attached hydrogen (secondary N) is 2. The highest BCUT2D eigenvalue weighted by Gasteiger charge is 2.28. The summed E-state index contributed by atoms with van der Waals surface area (Å²) >= 11 is 0. The quantitative estimate of drug-likeness (QED) is 0.510. The van der Waals surface area contributed by atoms with E-state index in [0.717, 1.165) is 29.9 Å². The Kier molecular flexibility index (Phi) is 7.29. The smallest absolute Gasteiger partial charge is 0.353 e. The van der Waals surface area contributed by atoms with Crippen LogP contribution in [0.1, 0.15) is 41.3 Å². The third kappa shape index (κ3) is 5.54. The monoisotopic (exact) mass is 451 g/mol. The second-order valence-electron chi connectivity index (χ2n) is 8.52. The molecule has 0 saturated carbocycles. The van der Waals surface area contributed by atoms with Gasteiger partial charge >= 0.3 is 5.97 Å². The second-order valence-corrected chi connectivity index (χ2v) is 8.52. The van der Waals surface area contributed by atoms with Crippen molar-refractivity contribution in [3.05, 3.63) is 95.1 Å². The molecule has 0 aliphatic carbocycles. The Morgan fingerprint density at radius 1 is 1.18 bits per heavy atom. The summed E-state index contributed by atoms with van der Waals surface area (Å²) in [6, 6.07) is 19.1. The number of halogens is 2. The summed E-state index contributed by atoms with van der Waals surface area (Å²) in [5.74, 6) is -1.33. The van der Waals surface area contributed by atoms with Crippen LogP contribution in [0.15, 0.2) is 66.9 Å². The third-order valence-corrected chi connectivity index (χ3v) is 6.24. The Bertz CT molecular complexity index is 1090. The SMILES string of the molecule is CC(CN[C@H](c1ccccc1)[C@H]1CNc2cccnc2C1)c1ccc(CC(=O)OF)c(F)c1. The Morgan fingerprint density at radius 2 is 2.00 bits per heavy atom. The van der Waals surface area contributed by atoms with Crippen LogP contribution < -0.4 is 10.6 Å². The van der Waals surface area contributed by atoms with E-state index in [1.54, 1.807) is 6.07 Å². The van der Waals surface area contributed by atoms with Gasteiger partial charge in [0.2, 0.25) is 0 Å². The highest BCUT2D eigenvalue weighted by Crippen LogP contribution is 2.32. The molecular weight excluding hydrogens is 424 g/mol. The fourth-order valence-corrected chi connectivity index (χ4v) is 4.39. The Hall–Kier alpha value is -3.32. The number of carbonyl (C=O) groups is 1. The molecule has 2 N–H and O–H groups in total. The number of fused-ring (bicyclic) bond motifs is 1. The molecular formula is C26H27F2N3O2. The van der Waals surface area contributed by atoms with Gasteiger partial charge in [0.25, 0.3) is 0 Å². The average Bonchev–Trinajstić information content (AvgIpc) is 2.85. The van der Waals surface area contributed by atoms with E-state index in [1.165, 1.54) is 17.7 Å². The van der Waals surface area contributed by atoms with Crippen molar-refractivity contribution in [2.24, 2.45) is 5.92 Å². The van der Waals surface area contributed by atoms with E-state index in [4.69, 9.17) is 0 Å². The van der Waals surface area contributed by atoms with Crippen molar-refractivity contribution in [2.45, 2.75) is 31.7 Å². The van der Waals surface area contributed by atoms with Gasteiger partial charge < -0.3 is 10.6 Å². The average molecular weight is 452 g/mol. The van der Waals surface area contributed by atoms with Crippen LogP contribution in [0, 0.1) is 11.7 Å². The number of rotatable bonds is 8. The molecule has 1 aliphatic rings. The first-order valence-corrected chi connectivity index (χ1v) is 11.1. The molecule has 0 fully saturated rings. The summed E-state index contributed by atoms with van der Waals surface area (Å²) in [6.45, 7) is 3.49. The van der Waals surface area contributed by atoms with Gasteiger partial charge in [-0.2, -0.15) is 0 Å². The van der Waals surface area contributed by atoms with E-state index in [1.807, 2.05) is 37.4 Å². The third-order valence-electron chi connectivity index (χ3n) is 6.24. The highest BCUT2D eigenvalue weighted by atomic mass is 19.3. The van der Waals surface area contributed by atoms with Crippen LogP contribution in [0.4, 0.5) is 14.6 Å². The van der Waals surface area contributed by atoms with E-state index in [2.05, 4.69) is 38.8 Å². The van der Waals surface area contributed by atoms with E-state index >= 15 is 0 Å². The fraction of sp³-hybridized carbons (Fsp3) is 0.308. The van der Waals surface area contributed by atoms with Crippen molar-refractivity contribution < 1.29 is 18.7 Å². The zero-order valence-corrected chi connectivity index (χ0v) is 18.4. The van der Waals surface area contributed by atoms with Crippen LogP contribution in [0.25, 0.3) is 0 Å². The number of benzene rings is 2. The van der Waals surface area contributed by atoms with Crippen LogP contribution >= 0.6 is 0 Å². The summed E-state index contributed by atoms with van der Waals surface area (Å²) in [6.07, 6.45) is 2.25. The predicted octanol–water partition coefficient (Wildman–Crippen LogP) is 4.91. The van der Waals surface area contributed by atoms with Gasteiger partial charge in [-0.3, -0.25) is 9.93 Å². The minimum absolute atomic E-state index is 0.0230. The number of pyridine rings is 1. The van der Waals surface area contributed by atoms with E-state index in [0.29, 0.717) is 12.5 Å². The molecule has 4 rings (SSSR count). The van der Waals surface area contributed by atoms with E-state index in [-0.39, 0.29) is 17.5 Å². The molecule has 1 aliphatic heterocycles. The number of aromatic nitrogens is 1. The number of hydrogen-bond donors (Lipinski definition) is 2. The van der Waals surface area contributed by atoms with Crippen LogP contribution in [-0.2, 0) is 22.6 Å². The van der Waals surface area contributed by atoms with Gasteiger partial charge in [-0.05, 0) is 47.2 Å². The van der Waals surface area contributed by atoms with Crippen LogP contribution in [-0.4, -0.2) is 24.0 Å². The minimum atomic E-state index is -1.11. The van der Waals surface area contributed by atoms with Gasteiger partial charge in [0.1, 0.15) is 5.82 Å². The van der Waals surface area contributed by atoms with Crippen LogP contribution in [0.3, 0.4) is 0 Å². The summed E-state index contributed by atoms with van der Waals surface area (Å²) < 4.78 is 26.4. The normalized spacial score (nSPS) is 16.9. The van der Waals surface area contributed by atoms with Crippen LogP contribution in [0.2, 0.25) is 0 Å². The van der Waals surface area contributed by atoms with Crippen molar-refractivity contribution in [2.75, 3.05) is 18.4 Å². The molecule has 0 spiro atoms. The van der Waals surface area contributed by atoms with Gasteiger partial charge in [0.15, 0.2) is 0 Å². The second kappa shape index (κ2) is 10.5. The summed E-state index contributed by atoms with van der Waals surface area (Å²) in [5.41, 5.74) is 4.26. The molecule has 33 heavy (non-hydrogen) atoms. The molecule has 5 nitrogen and oxygen atoms in total.